The van der Waals surface area contributed by atoms with Crippen LogP contribution in [0, 0.1) is 0 Å². The number of hydrogen-bond donors (Lipinski definition) is 2. The fourth-order valence-electron chi connectivity index (χ4n) is 0.321. The molecule has 0 aromatic carbocycles. The summed E-state index contributed by atoms with van der Waals surface area (Å²) in [5.74, 6) is -0.711. The number of halogens is 1. The first-order chi connectivity index (χ1) is 4.04. The van der Waals surface area contributed by atoms with Gasteiger partial charge in [0.2, 0.25) is 0 Å². The molecule has 0 amide bonds. The lowest BCUT2D eigenvalue weighted by atomic mass is 10.2. The Balaban J connectivity index is 4.25. The van der Waals surface area contributed by atoms with Crippen LogP contribution in [0.15, 0.2) is 23.3 Å². The van der Waals surface area contributed by atoms with Crippen LogP contribution in [-0.2, 0) is 0 Å². The molecule has 0 unspecified atom stereocenters. The minimum atomic E-state index is -0.711. The molecule has 52 valence electrons. The van der Waals surface area contributed by atoms with Crippen LogP contribution in [0.4, 0.5) is 4.39 Å². The first-order valence-corrected chi connectivity index (χ1v) is 2.59. The van der Waals surface area contributed by atoms with Crippen molar-refractivity contribution < 1.29 is 4.39 Å². The lowest BCUT2D eigenvalue weighted by molar-refractivity contribution is 0.625. The van der Waals surface area contributed by atoms with Gasteiger partial charge in [-0.05, 0) is 25.5 Å². The number of hydrogen-bond acceptors (Lipinski definition) is 2. The monoisotopic (exact) mass is 130 g/mol. The van der Waals surface area contributed by atoms with E-state index in [2.05, 4.69) is 0 Å². The predicted molar refractivity (Wildman–Crippen MR) is 35.9 cm³/mol. The molecule has 0 fully saturated rings. The van der Waals surface area contributed by atoms with Gasteiger partial charge in [-0.25, -0.2) is 0 Å². The zero-order valence-corrected chi connectivity index (χ0v) is 5.61. The molecule has 0 heterocycles. The molecule has 0 saturated heterocycles. The van der Waals surface area contributed by atoms with Gasteiger partial charge in [-0.2, -0.15) is 4.39 Å². The van der Waals surface area contributed by atoms with Gasteiger partial charge < -0.3 is 11.5 Å². The van der Waals surface area contributed by atoms with E-state index in [0.717, 1.165) is 0 Å². The van der Waals surface area contributed by atoms with E-state index in [1.807, 2.05) is 0 Å². The summed E-state index contributed by atoms with van der Waals surface area (Å²) in [5, 5.41) is 0. The van der Waals surface area contributed by atoms with E-state index in [0.29, 0.717) is 11.3 Å². The second kappa shape index (κ2) is 3.12. The summed E-state index contributed by atoms with van der Waals surface area (Å²) in [6.07, 6.45) is 1.19. The van der Waals surface area contributed by atoms with Crippen LogP contribution < -0.4 is 11.5 Å². The molecule has 0 aliphatic rings. The van der Waals surface area contributed by atoms with Gasteiger partial charge in [0.1, 0.15) is 0 Å². The largest absolute Gasteiger partial charge is 0.402 e. The topological polar surface area (TPSA) is 52.0 Å². The molecule has 3 heteroatoms. The maximum absolute atomic E-state index is 11.9. The third-order valence-corrected chi connectivity index (χ3v) is 0.976. The Labute approximate surface area is 54.0 Å². The van der Waals surface area contributed by atoms with E-state index >= 15 is 0 Å². The van der Waals surface area contributed by atoms with Crippen molar-refractivity contribution in [1.29, 1.82) is 0 Å². The molecule has 0 aromatic rings. The van der Waals surface area contributed by atoms with Crippen molar-refractivity contribution in [3.8, 4) is 0 Å². The van der Waals surface area contributed by atoms with Gasteiger partial charge >= 0.3 is 0 Å². The molecule has 2 nitrogen and oxygen atoms in total. The highest BCUT2D eigenvalue weighted by Crippen LogP contribution is 2.00. The lowest BCUT2D eigenvalue weighted by Crippen LogP contribution is -1.96. The number of allylic oxidation sites excluding steroid dienone is 3. The van der Waals surface area contributed by atoms with Crippen molar-refractivity contribution in [2.24, 2.45) is 11.5 Å². The minimum Gasteiger partial charge on any atom is -0.402 e. The van der Waals surface area contributed by atoms with E-state index in [1.165, 1.54) is 6.08 Å². The Hall–Kier alpha value is -0.990. The molecule has 0 aliphatic heterocycles. The maximum atomic E-state index is 11.9. The standard InChI is InChI=1S/C6H11FN2/c1-4(5(2)8)3-6(7)9/h3H,8-9H2,1-2H3/b5-4-,6-3-. The summed E-state index contributed by atoms with van der Waals surface area (Å²) in [5.41, 5.74) is 11.3. The van der Waals surface area contributed by atoms with Crippen LogP contribution in [0.3, 0.4) is 0 Å². The van der Waals surface area contributed by atoms with Crippen LogP contribution >= 0.6 is 0 Å². The molecular formula is C6H11FN2. The van der Waals surface area contributed by atoms with Gasteiger partial charge in [0.25, 0.3) is 0 Å². The van der Waals surface area contributed by atoms with Crippen molar-refractivity contribution in [3.05, 3.63) is 23.3 Å². The molecule has 0 radical (unpaired) electrons. The van der Waals surface area contributed by atoms with E-state index in [-0.39, 0.29) is 0 Å². The quantitative estimate of drug-likeness (QED) is 0.411. The van der Waals surface area contributed by atoms with E-state index in [4.69, 9.17) is 11.5 Å². The van der Waals surface area contributed by atoms with Crippen molar-refractivity contribution >= 4 is 0 Å². The highest BCUT2D eigenvalue weighted by atomic mass is 19.1. The summed E-state index contributed by atoms with van der Waals surface area (Å²) < 4.78 is 11.9. The van der Waals surface area contributed by atoms with Crippen LogP contribution in [0.2, 0.25) is 0 Å². The molecule has 0 bridgehead atoms. The molecular weight excluding hydrogens is 119 g/mol. The lowest BCUT2D eigenvalue weighted by Gasteiger charge is -1.93. The predicted octanol–water partition coefficient (Wildman–Crippen LogP) is 1.01. The van der Waals surface area contributed by atoms with Crippen molar-refractivity contribution in [3.63, 3.8) is 0 Å². The Morgan fingerprint density at radius 3 is 1.89 bits per heavy atom. The number of rotatable bonds is 1. The normalized spacial score (nSPS) is 15.2. The maximum Gasteiger partial charge on any atom is 0.184 e. The molecule has 0 atom stereocenters. The van der Waals surface area contributed by atoms with Crippen LogP contribution in [0.1, 0.15) is 13.8 Å². The molecule has 9 heavy (non-hydrogen) atoms. The molecule has 0 aromatic heterocycles. The highest BCUT2D eigenvalue weighted by molar-refractivity contribution is 5.21. The Morgan fingerprint density at radius 1 is 1.33 bits per heavy atom. The Morgan fingerprint density at radius 2 is 1.78 bits per heavy atom. The Bertz CT molecular complexity index is 150. The van der Waals surface area contributed by atoms with Gasteiger partial charge in [-0.1, -0.05) is 0 Å². The van der Waals surface area contributed by atoms with Gasteiger partial charge in [0, 0.05) is 5.70 Å². The smallest absolute Gasteiger partial charge is 0.184 e. The summed E-state index contributed by atoms with van der Waals surface area (Å²) in [7, 11) is 0. The molecule has 0 spiro atoms. The van der Waals surface area contributed by atoms with Crippen molar-refractivity contribution in [2.75, 3.05) is 0 Å². The first-order valence-electron chi connectivity index (χ1n) is 2.59. The summed E-state index contributed by atoms with van der Waals surface area (Å²) >= 11 is 0. The average Bonchev–Trinajstić information content (AvgIpc) is 1.63. The van der Waals surface area contributed by atoms with Gasteiger partial charge in [0.15, 0.2) is 5.95 Å². The van der Waals surface area contributed by atoms with Gasteiger partial charge in [-0.15, -0.1) is 0 Å². The van der Waals surface area contributed by atoms with E-state index in [1.54, 1.807) is 13.8 Å². The molecule has 0 saturated carbocycles. The van der Waals surface area contributed by atoms with Crippen molar-refractivity contribution in [2.45, 2.75) is 13.8 Å². The van der Waals surface area contributed by atoms with Crippen LogP contribution in [0.5, 0.6) is 0 Å². The fourth-order valence-corrected chi connectivity index (χ4v) is 0.321. The van der Waals surface area contributed by atoms with Gasteiger partial charge in [-0.3, -0.25) is 0 Å². The van der Waals surface area contributed by atoms with Crippen LogP contribution in [0.25, 0.3) is 0 Å². The SMILES string of the molecule is C/C(N)=C(C)/C=C(\N)F. The molecule has 4 N–H and O–H groups in total. The second-order valence-corrected chi connectivity index (χ2v) is 1.90. The summed E-state index contributed by atoms with van der Waals surface area (Å²) in [4.78, 5) is 0. The Kier molecular flexibility index (Phi) is 2.78. The number of nitrogens with two attached hydrogens (primary N) is 2. The molecule has 0 aliphatic carbocycles. The highest BCUT2D eigenvalue weighted by Gasteiger charge is 1.88. The summed E-state index contributed by atoms with van der Waals surface area (Å²) in [6, 6.07) is 0. The minimum absolute atomic E-state index is 0.579. The zero-order valence-electron chi connectivity index (χ0n) is 5.61. The van der Waals surface area contributed by atoms with Crippen molar-refractivity contribution in [1.82, 2.24) is 0 Å². The molecule has 0 rings (SSSR count). The summed E-state index contributed by atoms with van der Waals surface area (Å²) in [6.45, 7) is 3.39. The first kappa shape index (κ1) is 8.01. The average molecular weight is 130 g/mol. The van der Waals surface area contributed by atoms with Crippen LogP contribution in [-0.4, -0.2) is 0 Å². The van der Waals surface area contributed by atoms with E-state index < -0.39 is 5.95 Å². The zero-order chi connectivity index (χ0) is 7.44. The van der Waals surface area contributed by atoms with Gasteiger partial charge in [0.05, 0.1) is 0 Å². The third-order valence-electron chi connectivity index (χ3n) is 0.976. The fraction of sp³-hybridized carbons (Fsp3) is 0.333. The second-order valence-electron chi connectivity index (χ2n) is 1.90. The van der Waals surface area contributed by atoms with E-state index in [9.17, 15) is 4.39 Å². The third kappa shape index (κ3) is 3.58.